The smallest absolute Gasteiger partial charge is 0.416 e. The summed E-state index contributed by atoms with van der Waals surface area (Å²) >= 11 is 0. The van der Waals surface area contributed by atoms with Gasteiger partial charge < -0.3 is 10.1 Å². The third-order valence-corrected chi connectivity index (χ3v) is 3.69. The average molecular weight is 337 g/mol. The number of nitrogens with one attached hydrogen (secondary N) is 1. The van der Waals surface area contributed by atoms with E-state index in [1.165, 1.54) is 12.1 Å². The topological polar surface area (TPSA) is 38.3 Å². The third kappa shape index (κ3) is 4.28. The van der Waals surface area contributed by atoms with Crippen LogP contribution in [0, 0.1) is 13.8 Å². The highest BCUT2D eigenvalue weighted by molar-refractivity contribution is 5.94. The number of rotatable bonds is 4. The zero-order valence-electron chi connectivity index (χ0n) is 13.6. The Balaban J connectivity index is 2.08. The Kier molecular flexibility index (Phi) is 5.17. The largest absolute Gasteiger partial charge is 0.481 e. The summed E-state index contributed by atoms with van der Waals surface area (Å²) in [6.45, 7) is 5.35. The first-order chi connectivity index (χ1) is 11.2. The molecule has 1 unspecified atom stereocenters. The first-order valence-corrected chi connectivity index (χ1v) is 7.39. The van der Waals surface area contributed by atoms with Crippen molar-refractivity contribution in [3.8, 4) is 5.75 Å². The van der Waals surface area contributed by atoms with Crippen molar-refractivity contribution < 1.29 is 22.7 Å². The Morgan fingerprint density at radius 3 is 2.46 bits per heavy atom. The molecule has 3 nitrogen and oxygen atoms in total. The molecule has 2 rings (SSSR count). The van der Waals surface area contributed by atoms with Crippen molar-refractivity contribution in [1.82, 2.24) is 0 Å². The van der Waals surface area contributed by atoms with Crippen molar-refractivity contribution in [3.05, 3.63) is 59.2 Å². The summed E-state index contributed by atoms with van der Waals surface area (Å²) in [5.74, 6) is 0.0527. The van der Waals surface area contributed by atoms with Crippen LogP contribution in [0.25, 0.3) is 0 Å². The molecule has 0 aliphatic heterocycles. The highest BCUT2D eigenvalue weighted by Crippen LogP contribution is 2.30. The molecular weight excluding hydrogens is 319 g/mol. The van der Waals surface area contributed by atoms with Crippen LogP contribution in [-0.2, 0) is 11.0 Å². The van der Waals surface area contributed by atoms with E-state index in [9.17, 15) is 18.0 Å². The predicted octanol–water partition coefficient (Wildman–Crippen LogP) is 4.73. The predicted molar refractivity (Wildman–Crippen MR) is 86.1 cm³/mol. The molecule has 0 saturated heterocycles. The standard InChI is InChI=1S/C18H18F3NO2/c1-11-6-4-9-16(12(11)2)24-13(3)17(23)22-15-8-5-7-14(10-15)18(19,20)21/h4-10,13H,1-3H3,(H,22,23). The SMILES string of the molecule is Cc1cccc(OC(C)C(=O)Nc2cccc(C(F)(F)F)c2)c1C. The highest BCUT2D eigenvalue weighted by atomic mass is 19.4. The molecule has 2 aromatic rings. The Hall–Kier alpha value is -2.50. The summed E-state index contributed by atoms with van der Waals surface area (Å²) in [6, 6.07) is 9.97. The van der Waals surface area contributed by atoms with Gasteiger partial charge in [0.15, 0.2) is 6.10 Å². The Morgan fingerprint density at radius 1 is 1.12 bits per heavy atom. The van der Waals surface area contributed by atoms with Crippen LogP contribution < -0.4 is 10.1 Å². The molecule has 2 aromatic carbocycles. The minimum atomic E-state index is -4.46. The molecule has 0 aromatic heterocycles. The first-order valence-electron chi connectivity index (χ1n) is 7.39. The van der Waals surface area contributed by atoms with Crippen LogP contribution in [0.15, 0.2) is 42.5 Å². The van der Waals surface area contributed by atoms with Crippen molar-refractivity contribution in [3.63, 3.8) is 0 Å². The fourth-order valence-electron chi connectivity index (χ4n) is 2.11. The van der Waals surface area contributed by atoms with E-state index >= 15 is 0 Å². The molecule has 6 heteroatoms. The molecule has 0 spiro atoms. The number of hydrogen-bond acceptors (Lipinski definition) is 2. The van der Waals surface area contributed by atoms with Crippen LogP contribution >= 0.6 is 0 Å². The zero-order chi connectivity index (χ0) is 17.9. The molecule has 0 bridgehead atoms. The summed E-state index contributed by atoms with van der Waals surface area (Å²) in [4.78, 5) is 12.2. The summed E-state index contributed by atoms with van der Waals surface area (Å²) in [5, 5.41) is 2.44. The molecule has 24 heavy (non-hydrogen) atoms. The number of ether oxygens (including phenoxy) is 1. The van der Waals surface area contributed by atoms with Crippen LogP contribution in [-0.4, -0.2) is 12.0 Å². The van der Waals surface area contributed by atoms with E-state index in [1.54, 1.807) is 13.0 Å². The number of alkyl halides is 3. The van der Waals surface area contributed by atoms with Gasteiger partial charge in [0, 0.05) is 5.69 Å². The van der Waals surface area contributed by atoms with Gasteiger partial charge in [-0.25, -0.2) is 0 Å². The van der Waals surface area contributed by atoms with Gasteiger partial charge in [-0.15, -0.1) is 0 Å². The van der Waals surface area contributed by atoms with E-state index in [0.717, 1.165) is 23.3 Å². The van der Waals surface area contributed by atoms with E-state index in [1.807, 2.05) is 26.0 Å². The van der Waals surface area contributed by atoms with Crippen molar-refractivity contribution in [2.75, 3.05) is 5.32 Å². The normalized spacial score (nSPS) is 12.6. The molecule has 0 aliphatic carbocycles. The number of hydrogen-bond donors (Lipinski definition) is 1. The van der Waals surface area contributed by atoms with Gasteiger partial charge in [-0.1, -0.05) is 18.2 Å². The van der Waals surface area contributed by atoms with Gasteiger partial charge >= 0.3 is 6.18 Å². The van der Waals surface area contributed by atoms with Crippen molar-refractivity contribution in [2.45, 2.75) is 33.1 Å². The van der Waals surface area contributed by atoms with E-state index in [2.05, 4.69) is 5.32 Å². The minimum Gasteiger partial charge on any atom is -0.481 e. The van der Waals surface area contributed by atoms with Crippen LogP contribution in [0.3, 0.4) is 0 Å². The van der Waals surface area contributed by atoms with Gasteiger partial charge in [-0.3, -0.25) is 4.79 Å². The molecule has 0 aliphatic rings. The van der Waals surface area contributed by atoms with Crippen molar-refractivity contribution in [2.24, 2.45) is 0 Å². The zero-order valence-corrected chi connectivity index (χ0v) is 13.6. The monoisotopic (exact) mass is 337 g/mol. The molecule has 0 fully saturated rings. The van der Waals surface area contributed by atoms with Crippen LogP contribution in [0.2, 0.25) is 0 Å². The van der Waals surface area contributed by atoms with Crippen molar-refractivity contribution >= 4 is 11.6 Å². The highest BCUT2D eigenvalue weighted by Gasteiger charge is 2.30. The number of aryl methyl sites for hydroxylation is 1. The maximum Gasteiger partial charge on any atom is 0.416 e. The minimum absolute atomic E-state index is 0.0752. The maximum absolute atomic E-state index is 12.7. The fourth-order valence-corrected chi connectivity index (χ4v) is 2.11. The first kappa shape index (κ1) is 17.8. The molecule has 1 atom stereocenters. The maximum atomic E-state index is 12.7. The summed E-state index contributed by atoms with van der Waals surface area (Å²) in [5.41, 5.74) is 1.20. The Morgan fingerprint density at radius 2 is 1.79 bits per heavy atom. The molecule has 0 heterocycles. The van der Waals surface area contributed by atoms with Gasteiger partial charge in [0.25, 0.3) is 5.91 Å². The lowest BCUT2D eigenvalue weighted by Gasteiger charge is -2.17. The Bertz CT molecular complexity index is 741. The molecule has 1 N–H and O–H groups in total. The molecule has 0 saturated carbocycles. The Labute approximate surface area is 138 Å². The van der Waals surface area contributed by atoms with Crippen LogP contribution in [0.1, 0.15) is 23.6 Å². The van der Waals surface area contributed by atoms with Crippen LogP contribution in [0.4, 0.5) is 18.9 Å². The lowest BCUT2D eigenvalue weighted by Crippen LogP contribution is -2.30. The van der Waals surface area contributed by atoms with Crippen molar-refractivity contribution in [1.29, 1.82) is 0 Å². The molecule has 1 amide bonds. The van der Waals surface area contributed by atoms with E-state index in [0.29, 0.717) is 5.75 Å². The molecule has 0 radical (unpaired) electrons. The van der Waals surface area contributed by atoms with Gasteiger partial charge in [-0.05, 0) is 56.2 Å². The molecule has 128 valence electrons. The van der Waals surface area contributed by atoms with Gasteiger partial charge in [-0.2, -0.15) is 13.2 Å². The third-order valence-electron chi connectivity index (χ3n) is 3.69. The summed E-state index contributed by atoms with van der Waals surface area (Å²) in [7, 11) is 0. The number of anilines is 1. The summed E-state index contributed by atoms with van der Waals surface area (Å²) < 4.78 is 43.7. The van der Waals surface area contributed by atoms with E-state index < -0.39 is 23.8 Å². The number of benzene rings is 2. The van der Waals surface area contributed by atoms with Gasteiger partial charge in [0.05, 0.1) is 5.56 Å². The van der Waals surface area contributed by atoms with Gasteiger partial charge in [0.1, 0.15) is 5.75 Å². The number of carbonyl (C=O) groups excluding carboxylic acids is 1. The van der Waals surface area contributed by atoms with E-state index in [-0.39, 0.29) is 5.69 Å². The number of halogens is 3. The lowest BCUT2D eigenvalue weighted by atomic mass is 10.1. The van der Waals surface area contributed by atoms with E-state index in [4.69, 9.17) is 4.74 Å². The fraction of sp³-hybridized carbons (Fsp3) is 0.278. The average Bonchev–Trinajstić information content (AvgIpc) is 2.51. The number of amides is 1. The second kappa shape index (κ2) is 6.95. The quantitative estimate of drug-likeness (QED) is 0.876. The second-order valence-corrected chi connectivity index (χ2v) is 5.53. The molecular formula is C18H18F3NO2. The second-order valence-electron chi connectivity index (χ2n) is 5.53. The lowest BCUT2D eigenvalue weighted by molar-refractivity contribution is -0.137. The van der Waals surface area contributed by atoms with Crippen LogP contribution in [0.5, 0.6) is 5.75 Å². The summed E-state index contributed by atoms with van der Waals surface area (Å²) in [6.07, 6.45) is -5.30. The number of carbonyl (C=O) groups is 1. The van der Waals surface area contributed by atoms with Gasteiger partial charge in [0.2, 0.25) is 0 Å².